The summed E-state index contributed by atoms with van der Waals surface area (Å²) in [6.07, 6.45) is 12.6. The minimum absolute atomic E-state index is 0.139. The van der Waals surface area contributed by atoms with Gasteiger partial charge in [0.05, 0.1) is 6.33 Å². The van der Waals surface area contributed by atoms with E-state index >= 15 is 0 Å². The highest BCUT2D eigenvalue weighted by Crippen LogP contribution is 2.40. The van der Waals surface area contributed by atoms with Crippen molar-refractivity contribution >= 4 is 22.6 Å². The Morgan fingerprint density at radius 3 is 2.61 bits per heavy atom. The number of fused-ring (bicyclic) bond motifs is 1. The molecule has 0 aliphatic heterocycles. The molecule has 0 spiro atoms. The van der Waals surface area contributed by atoms with Crippen molar-refractivity contribution in [1.29, 1.82) is 0 Å². The van der Waals surface area contributed by atoms with E-state index in [0.29, 0.717) is 17.5 Å². The highest BCUT2D eigenvalue weighted by molar-refractivity contribution is 5.96. The summed E-state index contributed by atoms with van der Waals surface area (Å²) in [7, 11) is 0. The van der Waals surface area contributed by atoms with Crippen molar-refractivity contribution in [2.24, 2.45) is 5.92 Å². The zero-order chi connectivity index (χ0) is 23.6. The number of carbonyl (C=O) groups is 1. The van der Waals surface area contributed by atoms with Crippen LogP contribution in [0.1, 0.15) is 77.2 Å². The van der Waals surface area contributed by atoms with Gasteiger partial charge in [-0.25, -0.2) is 4.98 Å². The van der Waals surface area contributed by atoms with Gasteiger partial charge in [0.1, 0.15) is 11.1 Å². The van der Waals surface area contributed by atoms with Crippen molar-refractivity contribution in [2.45, 2.75) is 71.6 Å². The van der Waals surface area contributed by atoms with Gasteiger partial charge in [-0.2, -0.15) is 0 Å². The Bertz CT molecular complexity index is 1130. The fourth-order valence-electron chi connectivity index (χ4n) is 4.23. The van der Waals surface area contributed by atoms with Crippen LogP contribution >= 0.6 is 0 Å². The summed E-state index contributed by atoms with van der Waals surface area (Å²) in [5, 5.41) is 8.78. The number of carboxylic acids is 1. The van der Waals surface area contributed by atoms with Crippen molar-refractivity contribution in [3.05, 3.63) is 58.7 Å². The number of allylic oxidation sites excluding steroid dienone is 2. The summed E-state index contributed by atoms with van der Waals surface area (Å²) in [5.74, 6) is 0.811. The maximum absolute atomic E-state index is 12.4. The summed E-state index contributed by atoms with van der Waals surface area (Å²) >= 11 is 0. The van der Waals surface area contributed by atoms with Crippen molar-refractivity contribution in [1.82, 2.24) is 9.97 Å². The van der Waals surface area contributed by atoms with Crippen LogP contribution < -0.4 is 5.56 Å². The second-order valence-electron chi connectivity index (χ2n) is 8.57. The molecule has 176 valence electrons. The van der Waals surface area contributed by atoms with Crippen LogP contribution in [0.3, 0.4) is 0 Å². The van der Waals surface area contributed by atoms with E-state index < -0.39 is 5.97 Å². The highest BCUT2D eigenvalue weighted by atomic mass is 16.4. The summed E-state index contributed by atoms with van der Waals surface area (Å²) in [6, 6.07) is 9.95. The Kier molecular flexibility index (Phi) is 9.04. The number of H-pyrrole nitrogens is 1. The fraction of sp³-hybridized carbons (Fsp3) is 0.444. The molecular formula is C27H34N2O4. The van der Waals surface area contributed by atoms with Crippen LogP contribution in [0.4, 0.5) is 0 Å². The number of nitrogens with zero attached hydrogens (tertiary/aromatic N) is 1. The number of unbranched alkanes of at least 4 members (excludes halogenated alkanes) is 3. The first-order valence-electron chi connectivity index (χ1n) is 12.0. The minimum atomic E-state index is -0.675. The average molecular weight is 451 g/mol. The number of benzene rings is 1. The Balaban J connectivity index is 0.000000292. The Hall–Kier alpha value is -3.15. The van der Waals surface area contributed by atoms with Crippen LogP contribution in [0.5, 0.6) is 0 Å². The predicted octanol–water partition coefficient (Wildman–Crippen LogP) is 6.82. The molecule has 1 unspecified atom stereocenters. The van der Waals surface area contributed by atoms with Crippen molar-refractivity contribution in [2.75, 3.05) is 0 Å². The van der Waals surface area contributed by atoms with Gasteiger partial charge in [-0.1, -0.05) is 75.9 Å². The molecule has 0 fully saturated rings. The molecule has 2 aromatic heterocycles. The van der Waals surface area contributed by atoms with Gasteiger partial charge in [-0.15, -0.1) is 0 Å². The normalized spacial score (nSPS) is 15.6. The van der Waals surface area contributed by atoms with E-state index in [2.05, 4.69) is 29.9 Å². The van der Waals surface area contributed by atoms with Crippen LogP contribution in [0.25, 0.3) is 28.0 Å². The third-order valence-electron chi connectivity index (χ3n) is 6.19. The van der Waals surface area contributed by atoms with Gasteiger partial charge in [-0.05, 0) is 37.2 Å². The maximum atomic E-state index is 12.4. The lowest BCUT2D eigenvalue weighted by molar-refractivity contribution is -0.137. The largest absolute Gasteiger partial charge is 0.481 e. The van der Waals surface area contributed by atoms with Crippen LogP contribution in [0, 0.1) is 5.92 Å². The van der Waals surface area contributed by atoms with Gasteiger partial charge >= 0.3 is 5.97 Å². The van der Waals surface area contributed by atoms with E-state index in [0.717, 1.165) is 61.3 Å². The monoisotopic (exact) mass is 450 g/mol. The van der Waals surface area contributed by atoms with E-state index in [4.69, 9.17) is 9.52 Å². The smallest absolute Gasteiger partial charge is 0.303 e. The van der Waals surface area contributed by atoms with Gasteiger partial charge in [0.25, 0.3) is 5.56 Å². The molecule has 2 N–H and O–H groups in total. The molecule has 1 aliphatic rings. The molecule has 33 heavy (non-hydrogen) atoms. The fourth-order valence-corrected chi connectivity index (χ4v) is 4.23. The number of aromatic amines is 1. The quantitative estimate of drug-likeness (QED) is 0.367. The summed E-state index contributed by atoms with van der Waals surface area (Å²) in [4.78, 5) is 29.3. The van der Waals surface area contributed by atoms with Crippen molar-refractivity contribution in [3.63, 3.8) is 0 Å². The average Bonchev–Trinajstić information content (AvgIpc) is 3.24. The van der Waals surface area contributed by atoms with Crippen LogP contribution in [0.15, 0.2) is 51.9 Å². The zero-order valence-corrected chi connectivity index (χ0v) is 19.6. The van der Waals surface area contributed by atoms with Gasteiger partial charge in [0.15, 0.2) is 0 Å². The van der Waals surface area contributed by atoms with Gasteiger partial charge in [0.2, 0.25) is 5.71 Å². The summed E-state index contributed by atoms with van der Waals surface area (Å²) < 4.78 is 6.00. The molecule has 0 radical (unpaired) electrons. The molecule has 1 atom stereocenters. The highest BCUT2D eigenvalue weighted by Gasteiger charge is 2.24. The number of carboxylic acid groups (broad SMARTS) is 1. The van der Waals surface area contributed by atoms with Crippen molar-refractivity contribution < 1.29 is 14.3 Å². The summed E-state index contributed by atoms with van der Waals surface area (Å²) in [6.45, 7) is 4.35. The molecule has 1 aromatic carbocycles. The number of furan rings is 1. The first-order valence-corrected chi connectivity index (χ1v) is 12.0. The molecule has 0 bridgehead atoms. The number of rotatable bonds is 8. The molecule has 4 rings (SSSR count). The molecule has 3 aromatic rings. The molecule has 0 saturated heterocycles. The molecular weight excluding hydrogens is 416 g/mol. The second-order valence-corrected chi connectivity index (χ2v) is 8.57. The second kappa shape index (κ2) is 12.2. The molecule has 1 aliphatic carbocycles. The SMILES string of the molecule is CCC1CC=C(c2c(-c3ccccc3)oc3nc[nH]c(=O)c23)CC1.CCCCCCC(=O)O. The molecule has 6 nitrogen and oxygen atoms in total. The maximum Gasteiger partial charge on any atom is 0.303 e. The third-order valence-corrected chi connectivity index (χ3v) is 6.19. The van der Waals surface area contributed by atoms with Crippen molar-refractivity contribution in [3.8, 4) is 11.3 Å². The summed E-state index contributed by atoms with van der Waals surface area (Å²) in [5.41, 5.74) is 3.37. The number of aliphatic carboxylic acids is 1. The van der Waals surface area contributed by atoms with E-state index in [-0.39, 0.29) is 5.56 Å². The Labute approximate surface area is 194 Å². The Morgan fingerprint density at radius 1 is 1.18 bits per heavy atom. The predicted molar refractivity (Wildman–Crippen MR) is 132 cm³/mol. The number of nitrogens with one attached hydrogen (secondary N) is 1. The van der Waals surface area contributed by atoms with Gasteiger partial charge in [0, 0.05) is 17.5 Å². The van der Waals surface area contributed by atoms with E-state index in [9.17, 15) is 9.59 Å². The first kappa shape index (κ1) is 24.5. The third kappa shape index (κ3) is 6.44. The lowest BCUT2D eigenvalue weighted by Gasteiger charge is -2.20. The van der Waals surface area contributed by atoms with Gasteiger partial charge in [-0.3, -0.25) is 9.59 Å². The molecule has 0 saturated carbocycles. The number of aromatic nitrogens is 2. The van der Waals surface area contributed by atoms with Crippen LogP contribution in [0.2, 0.25) is 0 Å². The lowest BCUT2D eigenvalue weighted by atomic mass is 9.84. The Morgan fingerprint density at radius 2 is 1.97 bits per heavy atom. The minimum Gasteiger partial charge on any atom is -0.481 e. The molecule has 2 heterocycles. The topological polar surface area (TPSA) is 96.2 Å². The number of hydrogen-bond donors (Lipinski definition) is 2. The zero-order valence-electron chi connectivity index (χ0n) is 19.6. The van der Waals surface area contributed by atoms with Crippen LogP contribution in [-0.2, 0) is 4.79 Å². The van der Waals surface area contributed by atoms with E-state index in [1.54, 1.807) is 0 Å². The van der Waals surface area contributed by atoms with Gasteiger partial charge < -0.3 is 14.5 Å². The molecule has 6 heteroatoms. The molecule has 0 amide bonds. The van der Waals surface area contributed by atoms with E-state index in [1.807, 2.05) is 30.3 Å². The number of hydrogen-bond acceptors (Lipinski definition) is 4. The first-order chi connectivity index (χ1) is 16.0. The standard InChI is InChI=1S/C20H20N2O2.C7H14O2/c1-2-13-8-10-14(11-9-13)16-17-19(23)21-12-22-20(17)24-18(16)15-6-4-3-5-7-15;1-2-3-4-5-6-7(8)9/h3-7,10,12-13H,2,8-9,11H2,1H3,(H,21,22,23);2-6H2,1H3,(H,8,9). The lowest BCUT2D eigenvalue weighted by Crippen LogP contribution is -2.09. The van der Waals surface area contributed by atoms with E-state index in [1.165, 1.54) is 24.7 Å². The van der Waals surface area contributed by atoms with Crippen LogP contribution in [-0.4, -0.2) is 21.0 Å².